The Hall–Kier alpha value is -1.63. The molecule has 18 heavy (non-hydrogen) atoms. The first-order valence-electron chi connectivity index (χ1n) is 6.33. The van der Waals surface area contributed by atoms with E-state index in [1.165, 1.54) is 0 Å². The second kappa shape index (κ2) is 6.34. The van der Waals surface area contributed by atoms with Crippen LogP contribution in [0.1, 0.15) is 25.2 Å². The van der Waals surface area contributed by atoms with Crippen LogP contribution < -0.4 is 11.1 Å². The number of rotatable bonds is 6. The molecule has 1 aliphatic rings. The van der Waals surface area contributed by atoms with Gasteiger partial charge in [-0.2, -0.15) is 0 Å². The summed E-state index contributed by atoms with van der Waals surface area (Å²) in [5.41, 5.74) is 5.38. The highest BCUT2D eigenvalue weighted by molar-refractivity contribution is 5.76. The summed E-state index contributed by atoms with van der Waals surface area (Å²) in [6.07, 6.45) is 3.26. The molecule has 1 saturated heterocycles. The summed E-state index contributed by atoms with van der Waals surface area (Å²) >= 11 is 0. The van der Waals surface area contributed by atoms with E-state index in [2.05, 4.69) is 15.5 Å². The third-order valence-corrected chi connectivity index (χ3v) is 2.90. The average molecular weight is 253 g/mol. The van der Waals surface area contributed by atoms with E-state index in [1.54, 1.807) is 0 Å². The van der Waals surface area contributed by atoms with E-state index in [9.17, 15) is 4.79 Å². The fourth-order valence-electron chi connectivity index (χ4n) is 1.95. The summed E-state index contributed by atoms with van der Waals surface area (Å²) in [4.78, 5) is 13.6. The van der Waals surface area contributed by atoms with Gasteiger partial charge < -0.3 is 20.4 Å². The zero-order chi connectivity index (χ0) is 12.8. The number of nitrogens with zero attached hydrogens (tertiary/aromatic N) is 3. The molecule has 0 spiro atoms. The fourth-order valence-corrected chi connectivity index (χ4v) is 1.95. The Labute approximate surface area is 106 Å². The monoisotopic (exact) mass is 253 g/mol. The SMILES string of the molecule is NCCc1nnc(NCCC(=O)N2CCCC2)o1. The quantitative estimate of drug-likeness (QED) is 0.740. The molecule has 0 unspecified atom stereocenters. The molecule has 2 heterocycles. The van der Waals surface area contributed by atoms with Crippen LogP contribution in [0, 0.1) is 0 Å². The van der Waals surface area contributed by atoms with E-state index in [-0.39, 0.29) is 5.91 Å². The van der Waals surface area contributed by atoms with Gasteiger partial charge >= 0.3 is 6.01 Å². The van der Waals surface area contributed by atoms with Crippen molar-refractivity contribution in [2.75, 3.05) is 31.5 Å². The minimum atomic E-state index is 0.182. The minimum absolute atomic E-state index is 0.182. The van der Waals surface area contributed by atoms with E-state index in [0.29, 0.717) is 37.8 Å². The number of carbonyl (C=O) groups is 1. The van der Waals surface area contributed by atoms with Crippen LogP contribution in [-0.4, -0.2) is 47.2 Å². The zero-order valence-corrected chi connectivity index (χ0v) is 10.4. The third kappa shape index (κ3) is 3.43. The lowest BCUT2D eigenvalue weighted by molar-refractivity contribution is -0.129. The van der Waals surface area contributed by atoms with Crippen LogP contribution in [0.2, 0.25) is 0 Å². The van der Waals surface area contributed by atoms with Gasteiger partial charge in [0.15, 0.2) is 0 Å². The van der Waals surface area contributed by atoms with Crippen molar-refractivity contribution >= 4 is 11.9 Å². The van der Waals surface area contributed by atoms with E-state index >= 15 is 0 Å². The van der Waals surface area contributed by atoms with Crippen molar-refractivity contribution < 1.29 is 9.21 Å². The number of hydrogen-bond acceptors (Lipinski definition) is 6. The first-order chi connectivity index (χ1) is 8.79. The molecule has 7 heteroatoms. The van der Waals surface area contributed by atoms with Crippen LogP contribution in [0.5, 0.6) is 0 Å². The van der Waals surface area contributed by atoms with E-state index in [4.69, 9.17) is 10.2 Å². The highest BCUT2D eigenvalue weighted by Crippen LogP contribution is 2.09. The summed E-state index contributed by atoms with van der Waals surface area (Å²) < 4.78 is 5.29. The number of aromatic nitrogens is 2. The van der Waals surface area contributed by atoms with Crippen LogP contribution in [0.3, 0.4) is 0 Å². The standard InChI is InChI=1S/C11H19N5O2/c12-5-3-9-14-15-11(18-9)13-6-4-10(17)16-7-1-2-8-16/h1-8,12H2,(H,13,15). The van der Waals surface area contributed by atoms with Gasteiger partial charge in [-0.25, -0.2) is 0 Å². The molecular weight excluding hydrogens is 234 g/mol. The van der Waals surface area contributed by atoms with Crippen molar-refractivity contribution in [2.45, 2.75) is 25.7 Å². The Kier molecular flexibility index (Phi) is 4.52. The molecule has 3 N–H and O–H groups in total. The van der Waals surface area contributed by atoms with Crippen LogP contribution in [0.4, 0.5) is 6.01 Å². The summed E-state index contributed by atoms with van der Waals surface area (Å²) in [7, 11) is 0. The zero-order valence-electron chi connectivity index (χ0n) is 10.4. The van der Waals surface area contributed by atoms with Crippen LogP contribution >= 0.6 is 0 Å². The molecule has 0 saturated carbocycles. The molecule has 0 radical (unpaired) electrons. The van der Waals surface area contributed by atoms with Crippen LogP contribution in [0.25, 0.3) is 0 Å². The predicted molar refractivity (Wildman–Crippen MR) is 66.0 cm³/mol. The third-order valence-electron chi connectivity index (χ3n) is 2.90. The smallest absolute Gasteiger partial charge is 0.315 e. The normalized spacial score (nSPS) is 15.1. The Morgan fingerprint density at radius 2 is 2.17 bits per heavy atom. The van der Waals surface area contributed by atoms with Gasteiger partial charge in [0.05, 0.1) is 0 Å². The molecule has 100 valence electrons. The molecule has 0 bridgehead atoms. The van der Waals surface area contributed by atoms with Crippen LogP contribution in [-0.2, 0) is 11.2 Å². The first-order valence-corrected chi connectivity index (χ1v) is 6.33. The lowest BCUT2D eigenvalue weighted by Crippen LogP contribution is -2.29. The molecule has 0 atom stereocenters. The highest BCUT2D eigenvalue weighted by atomic mass is 16.4. The Morgan fingerprint density at radius 1 is 1.39 bits per heavy atom. The molecular formula is C11H19N5O2. The van der Waals surface area contributed by atoms with Gasteiger partial charge in [0.2, 0.25) is 11.8 Å². The molecule has 1 fully saturated rings. The molecule has 1 aromatic rings. The highest BCUT2D eigenvalue weighted by Gasteiger charge is 2.17. The summed E-state index contributed by atoms with van der Waals surface area (Å²) in [5.74, 6) is 0.701. The number of anilines is 1. The number of hydrogen-bond donors (Lipinski definition) is 2. The van der Waals surface area contributed by atoms with Crippen molar-refractivity contribution in [3.8, 4) is 0 Å². The molecule has 1 amide bonds. The van der Waals surface area contributed by atoms with Crippen molar-refractivity contribution in [3.05, 3.63) is 5.89 Å². The molecule has 7 nitrogen and oxygen atoms in total. The Bertz CT molecular complexity index is 387. The summed E-state index contributed by atoms with van der Waals surface area (Å²) in [6.45, 7) is 2.77. The Morgan fingerprint density at radius 3 is 2.89 bits per heavy atom. The van der Waals surface area contributed by atoms with Gasteiger partial charge in [-0.15, -0.1) is 5.10 Å². The number of nitrogens with two attached hydrogens (primary N) is 1. The van der Waals surface area contributed by atoms with Gasteiger partial charge in [0, 0.05) is 39.0 Å². The van der Waals surface area contributed by atoms with E-state index < -0.39 is 0 Å². The second-order valence-corrected chi connectivity index (χ2v) is 4.30. The molecule has 2 rings (SSSR count). The van der Waals surface area contributed by atoms with Crippen molar-refractivity contribution in [2.24, 2.45) is 5.73 Å². The van der Waals surface area contributed by atoms with Crippen LogP contribution in [0.15, 0.2) is 4.42 Å². The maximum absolute atomic E-state index is 11.7. The number of amides is 1. The average Bonchev–Trinajstić information content (AvgIpc) is 3.00. The predicted octanol–water partition coefficient (Wildman–Crippen LogP) is -0.00480. The number of likely N-dealkylation sites (tertiary alicyclic amines) is 1. The van der Waals surface area contributed by atoms with Gasteiger partial charge in [-0.3, -0.25) is 4.79 Å². The summed E-state index contributed by atoms with van der Waals surface area (Å²) in [5, 5.41) is 10.6. The second-order valence-electron chi connectivity index (χ2n) is 4.30. The lowest BCUT2D eigenvalue weighted by Gasteiger charge is -2.14. The molecule has 0 aromatic carbocycles. The fraction of sp³-hybridized carbons (Fsp3) is 0.727. The maximum atomic E-state index is 11.7. The first kappa shape index (κ1) is 12.8. The lowest BCUT2D eigenvalue weighted by atomic mass is 10.3. The van der Waals surface area contributed by atoms with E-state index in [1.807, 2.05) is 4.90 Å². The van der Waals surface area contributed by atoms with Gasteiger partial charge in [0.1, 0.15) is 0 Å². The van der Waals surface area contributed by atoms with E-state index in [0.717, 1.165) is 25.9 Å². The van der Waals surface area contributed by atoms with Crippen molar-refractivity contribution in [3.63, 3.8) is 0 Å². The van der Waals surface area contributed by atoms with Gasteiger partial charge in [0.25, 0.3) is 0 Å². The number of nitrogens with one attached hydrogen (secondary N) is 1. The number of carbonyl (C=O) groups excluding carboxylic acids is 1. The van der Waals surface area contributed by atoms with Gasteiger partial charge in [-0.05, 0) is 12.8 Å². The Balaban J connectivity index is 1.69. The van der Waals surface area contributed by atoms with Gasteiger partial charge in [-0.1, -0.05) is 5.10 Å². The molecule has 1 aliphatic heterocycles. The molecule has 0 aliphatic carbocycles. The largest absolute Gasteiger partial charge is 0.408 e. The maximum Gasteiger partial charge on any atom is 0.315 e. The topological polar surface area (TPSA) is 97.3 Å². The summed E-state index contributed by atoms with van der Waals surface area (Å²) in [6, 6.07) is 0.354. The minimum Gasteiger partial charge on any atom is -0.408 e. The van der Waals surface area contributed by atoms with Crippen molar-refractivity contribution in [1.29, 1.82) is 0 Å². The molecule has 1 aromatic heterocycles. The van der Waals surface area contributed by atoms with Crippen molar-refractivity contribution in [1.82, 2.24) is 15.1 Å².